The maximum Gasteiger partial charge on any atom is 0.291 e. The van der Waals surface area contributed by atoms with Crippen molar-refractivity contribution in [1.82, 2.24) is 0 Å². The van der Waals surface area contributed by atoms with E-state index in [9.17, 15) is 4.79 Å². The number of amidine groups is 1. The second-order valence-electron chi connectivity index (χ2n) is 2.71. The van der Waals surface area contributed by atoms with Crippen LogP contribution in [0.5, 0.6) is 0 Å². The monoisotopic (exact) mass is 156 g/mol. The van der Waals surface area contributed by atoms with Gasteiger partial charge in [0.05, 0.1) is 0 Å². The number of ether oxygens (including phenoxy) is 1. The Morgan fingerprint density at radius 3 is 2.82 bits per heavy atom. The van der Waals surface area contributed by atoms with E-state index in [-0.39, 0.29) is 17.8 Å². The first-order valence-electron chi connectivity index (χ1n) is 3.69. The van der Waals surface area contributed by atoms with Gasteiger partial charge in [-0.15, -0.1) is 0 Å². The topological polar surface area (TPSA) is 64.7 Å². The zero-order valence-corrected chi connectivity index (χ0v) is 6.70. The molecule has 0 spiro atoms. The normalized spacial score (nSPS) is 26.2. The number of hydrogen-bond donors (Lipinski definition) is 1. The summed E-state index contributed by atoms with van der Waals surface area (Å²) in [5, 5.41) is 0. The van der Waals surface area contributed by atoms with Crippen molar-refractivity contribution >= 4 is 11.9 Å². The summed E-state index contributed by atoms with van der Waals surface area (Å²) >= 11 is 0. The molecule has 1 heterocycles. The fourth-order valence-electron chi connectivity index (χ4n) is 0.953. The molecule has 0 saturated heterocycles. The van der Waals surface area contributed by atoms with Crippen LogP contribution >= 0.6 is 0 Å². The third kappa shape index (κ3) is 1.50. The molecule has 2 unspecified atom stereocenters. The lowest BCUT2D eigenvalue weighted by Gasteiger charge is -2.13. The lowest BCUT2D eigenvalue weighted by Crippen LogP contribution is -2.27. The highest BCUT2D eigenvalue weighted by Gasteiger charge is 2.31. The van der Waals surface area contributed by atoms with Crippen LogP contribution in [0.15, 0.2) is 4.99 Å². The van der Waals surface area contributed by atoms with Crippen molar-refractivity contribution in [2.24, 2.45) is 16.6 Å². The lowest BCUT2D eigenvalue weighted by atomic mass is 10.0. The number of carbonyl (C=O) groups excluding carboxylic acids is 1. The Bertz CT molecular complexity index is 201. The second-order valence-corrected chi connectivity index (χ2v) is 2.71. The molecule has 1 rings (SSSR count). The van der Waals surface area contributed by atoms with Crippen molar-refractivity contribution in [2.75, 3.05) is 0 Å². The Kier molecular flexibility index (Phi) is 2.12. The lowest BCUT2D eigenvalue weighted by molar-refractivity contribution is -0.124. The van der Waals surface area contributed by atoms with Crippen molar-refractivity contribution in [1.29, 1.82) is 0 Å². The van der Waals surface area contributed by atoms with E-state index in [0.717, 1.165) is 6.42 Å². The van der Waals surface area contributed by atoms with Crippen molar-refractivity contribution in [3.8, 4) is 0 Å². The van der Waals surface area contributed by atoms with Crippen molar-refractivity contribution in [2.45, 2.75) is 26.4 Å². The fourth-order valence-corrected chi connectivity index (χ4v) is 0.953. The molecule has 2 N–H and O–H groups in total. The van der Waals surface area contributed by atoms with Crippen LogP contribution in [0.1, 0.15) is 20.3 Å². The summed E-state index contributed by atoms with van der Waals surface area (Å²) in [4.78, 5) is 14.5. The van der Waals surface area contributed by atoms with E-state index in [2.05, 4.69) is 4.99 Å². The maximum atomic E-state index is 11.0. The molecule has 4 heteroatoms. The summed E-state index contributed by atoms with van der Waals surface area (Å²) in [5.41, 5.74) is 5.21. The highest BCUT2D eigenvalue weighted by Crippen LogP contribution is 2.16. The molecule has 0 aromatic carbocycles. The molecular formula is C7H12N2O2. The minimum Gasteiger partial charge on any atom is -0.451 e. The van der Waals surface area contributed by atoms with E-state index >= 15 is 0 Å². The van der Waals surface area contributed by atoms with Gasteiger partial charge in [0.1, 0.15) is 0 Å². The van der Waals surface area contributed by atoms with Crippen molar-refractivity contribution < 1.29 is 9.53 Å². The van der Waals surface area contributed by atoms with Gasteiger partial charge >= 0.3 is 0 Å². The van der Waals surface area contributed by atoms with E-state index in [1.807, 2.05) is 13.8 Å². The SMILES string of the molecule is CCC(C)C1OC(N)=NC1=O. The van der Waals surface area contributed by atoms with Gasteiger partial charge < -0.3 is 10.5 Å². The van der Waals surface area contributed by atoms with Crippen molar-refractivity contribution in [3.63, 3.8) is 0 Å². The molecule has 0 bridgehead atoms. The zero-order valence-electron chi connectivity index (χ0n) is 6.70. The van der Waals surface area contributed by atoms with Gasteiger partial charge in [0.15, 0.2) is 6.10 Å². The number of hydrogen-bond acceptors (Lipinski definition) is 3. The van der Waals surface area contributed by atoms with Crippen LogP contribution in [0.2, 0.25) is 0 Å². The molecular weight excluding hydrogens is 144 g/mol. The first-order chi connectivity index (χ1) is 5.15. The molecule has 0 fully saturated rings. The van der Waals surface area contributed by atoms with Crippen LogP contribution < -0.4 is 5.73 Å². The van der Waals surface area contributed by atoms with Crippen LogP contribution in [-0.4, -0.2) is 18.0 Å². The van der Waals surface area contributed by atoms with E-state index in [1.165, 1.54) is 0 Å². The quantitative estimate of drug-likeness (QED) is 0.624. The average molecular weight is 156 g/mol. The Morgan fingerprint density at radius 2 is 2.45 bits per heavy atom. The Balaban J connectivity index is 2.59. The summed E-state index contributed by atoms with van der Waals surface area (Å²) < 4.78 is 5.00. The Hall–Kier alpha value is -1.06. The predicted octanol–water partition coefficient (Wildman–Crippen LogP) is 0.273. The fraction of sp³-hybridized carbons (Fsp3) is 0.714. The highest BCUT2D eigenvalue weighted by atomic mass is 16.5. The van der Waals surface area contributed by atoms with E-state index in [0.29, 0.717) is 0 Å². The molecule has 0 aliphatic carbocycles. The van der Waals surface area contributed by atoms with Crippen LogP contribution in [0, 0.1) is 5.92 Å². The molecule has 0 aromatic rings. The molecule has 2 atom stereocenters. The van der Waals surface area contributed by atoms with Gasteiger partial charge in [0.25, 0.3) is 11.9 Å². The minimum atomic E-state index is -0.444. The van der Waals surface area contributed by atoms with Gasteiger partial charge in [-0.25, -0.2) is 0 Å². The summed E-state index contributed by atoms with van der Waals surface area (Å²) in [6, 6.07) is 0.000278. The summed E-state index contributed by atoms with van der Waals surface area (Å²) in [6.07, 6.45) is 0.444. The largest absolute Gasteiger partial charge is 0.451 e. The molecule has 1 amide bonds. The summed E-state index contributed by atoms with van der Waals surface area (Å²) in [6.45, 7) is 3.94. The standard InChI is InChI=1S/C7H12N2O2/c1-3-4(2)5-6(10)9-7(8)11-5/h4-5H,3H2,1-2H3,(H2,8,9,10). The van der Waals surface area contributed by atoms with Gasteiger partial charge in [0, 0.05) is 5.92 Å². The van der Waals surface area contributed by atoms with Gasteiger partial charge in [0.2, 0.25) is 0 Å². The Morgan fingerprint density at radius 1 is 1.82 bits per heavy atom. The van der Waals surface area contributed by atoms with Gasteiger partial charge in [-0.2, -0.15) is 4.99 Å². The first kappa shape index (κ1) is 8.04. The van der Waals surface area contributed by atoms with E-state index in [4.69, 9.17) is 10.5 Å². The molecule has 11 heavy (non-hydrogen) atoms. The molecule has 62 valence electrons. The number of nitrogens with zero attached hydrogens (tertiary/aromatic N) is 1. The second kappa shape index (κ2) is 2.90. The van der Waals surface area contributed by atoms with E-state index in [1.54, 1.807) is 0 Å². The van der Waals surface area contributed by atoms with Gasteiger partial charge in [-0.1, -0.05) is 13.8 Å². The maximum absolute atomic E-state index is 11.0. The number of aliphatic imine (C=N–C) groups is 1. The number of amides is 1. The molecule has 0 aromatic heterocycles. The number of rotatable bonds is 2. The molecule has 0 radical (unpaired) electrons. The first-order valence-corrected chi connectivity index (χ1v) is 3.69. The molecule has 1 aliphatic rings. The number of carbonyl (C=O) groups is 1. The van der Waals surface area contributed by atoms with E-state index < -0.39 is 6.10 Å². The van der Waals surface area contributed by atoms with Crippen LogP contribution in [-0.2, 0) is 9.53 Å². The van der Waals surface area contributed by atoms with Crippen LogP contribution in [0.25, 0.3) is 0 Å². The van der Waals surface area contributed by atoms with Gasteiger partial charge in [-0.3, -0.25) is 4.79 Å². The summed E-state index contributed by atoms with van der Waals surface area (Å²) in [5.74, 6) is -0.0656. The Labute approximate surface area is 65.4 Å². The smallest absolute Gasteiger partial charge is 0.291 e. The van der Waals surface area contributed by atoms with Crippen LogP contribution in [0.3, 0.4) is 0 Å². The van der Waals surface area contributed by atoms with Crippen LogP contribution in [0.4, 0.5) is 0 Å². The highest BCUT2D eigenvalue weighted by molar-refractivity contribution is 5.97. The third-order valence-corrected chi connectivity index (χ3v) is 1.87. The molecule has 4 nitrogen and oxygen atoms in total. The van der Waals surface area contributed by atoms with Crippen molar-refractivity contribution in [3.05, 3.63) is 0 Å². The third-order valence-electron chi connectivity index (χ3n) is 1.87. The minimum absolute atomic E-state index is 0.000278. The molecule has 0 saturated carbocycles. The summed E-state index contributed by atoms with van der Waals surface area (Å²) in [7, 11) is 0. The molecule has 1 aliphatic heterocycles. The zero-order chi connectivity index (χ0) is 8.43. The predicted molar refractivity (Wildman–Crippen MR) is 41.0 cm³/mol. The average Bonchev–Trinajstić information content (AvgIpc) is 2.28. The van der Waals surface area contributed by atoms with Gasteiger partial charge in [-0.05, 0) is 6.42 Å². The number of nitrogens with two attached hydrogens (primary N) is 1.